The van der Waals surface area contributed by atoms with E-state index in [0.29, 0.717) is 40.3 Å². The molecule has 0 aliphatic rings. The Morgan fingerprint density at radius 2 is 2.03 bits per heavy atom. The van der Waals surface area contributed by atoms with E-state index >= 15 is 0 Å². The molecule has 0 atom stereocenters. The molecule has 0 spiro atoms. The Morgan fingerprint density at radius 1 is 1.27 bits per heavy atom. The van der Waals surface area contributed by atoms with Crippen molar-refractivity contribution in [3.8, 4) is 23.2 Å². The molecule has 1 amide bonds. The van der Waals surface area contributed by atoms with Gasteiger partial charge in [-0.25, -0.2) is 0 Å². The van der Waals surface area contributed by atoms with E-state index in [1.807, 2.05) is 28.8 Å². The van der Waals surface area contributed by atoms with Crippen LogP contribution >= 0.6 is 11.8 Å². The van der Waals surface area contributed by atoms with Gasteiger partial charge >= 0.3 is 0 Å². The number of rotatable bonds is 9. The number of allylic oxidation sites excluding steroid dienone is 1. The van der Waals surface area contributed by atoms with Crippen molar-refractivity contribution in [2.75, 3.05) is 18.2 Å². The predicted molar refractivity (Wildman–Crippen MR) is 117 cm³/mol. The number of hydrogen-bond acceptors (Lipinski definition) is 6. The van der Waals surface area contributed by atoms with Crippen LogP contribution in [0.4, 0.5) is 5.69 Å². The maximum Gasteiger partial charge on any atom is 0.225 e. The van der Waals surface area contributed by atoms with Gasteiger partial charge < -0.3 is 10.1 Å². The monoisotopic (exact) mass is 419 g/mol. The molecule has 152 valence electrons. The summed E-state index contributed by atoms with van der Waals surface area (Å²) in [5.41, 5.74) is 1.79. The molecule has 8 heteroatoms. The van der Waals surface area contributed by atoms with Gasteiger partial charge in [0.2, 0.25) is 5.91 Å². The summed E-state index contributed by atoms with van der Waals surface area (Å²) in [6, 6.07) is 16.6. The maximum absolute atomic E-state index is 12.3. The normalized spacial score (nSPS) is 10.3. The molecule has 0 radical (unpaired) electrons. The van der Waals surface area contributed by atoms with Gasteiger partial charge in [0, 0.05) is 18.7 Å². The first-order valence-corrected chi connectivity index (χ1v) is 10.3. The lowest BCUT2D eigenvalue weighted by Gasteiger charge is -2.10. The molecule has 30 heavy (non-hydrogen) atoms. The fourth-order valence-electron chi connectivity index (χ4n) is 2.86. The van der Waals surface area contributed by atoms with Crippen LogP contribution in [0, 0.1) is 11.3 Å². The molecular weight excluding hydrogens is 398 g/mol. The number of hydrogen-bond donors (Lipinski definition) is 1. The van der Waals surface area contributed by atoms with Crippen molar-refractivity contribution in [2.24, 2.45) is 0 Å². The minimum atomic E-state index is -0.162. The molecule has 0 saturated carbocycles. The smallest absolute Gasteiger partial charge is 0.225 e. The molecule has 0 saturated heterocycles. The molecule has 3 aromatic rings. The highest BCUT2D eigenvalue weighted by molar-refractivity contribution is 7.99. The lowest BCUT2D eigenvalue weighted by Crippen LogP contribution is -2.13. The molecule has 1 heterocycles. The van der Waals surface area contributed by atoms with Crippen LogP contribution in [0.15, 0.2) is 66.3 Å². The highest BCUT2D eigenvalue weighted by Gasteiger charge is 2.17. The number of nitriles is 1. The molecule has 3 rings (SSSR count). The minimum Gasteiger partial charge on any atom is -0.496 e. The Bertz CT molecular complexity index is 1090. The third-order valence-corrected chi connectivity index (χ3v) is 5.23. The number of nitrogens with one attached hydrogen (secondary N) is 1. The van der Waals surface area contributed by atoms with Crippen LogP contribution in [0.1, 0.15) is 12.0 Å². The number of nitrogens with zero attached hydrogens (tertiary/aromatic N) is 4. The van der Waals surface area contributed by atoms with Crippen LogP contribution in [0.2, 0.25) is 0 Å². The van der Waals surface area contributed by atoms with Gasteiger partial charge in [0.1, 0.15) is 11.8 Å². The second kappa shape index (κ2) is 10.3. The van der Waals surface area contributed by atoms with Gasteiger partial charge in [-0.2, -0.15) is 5.26 Å². The van der Waals surface area contributed by atoms with E-state index in [9.17, 15) is 4.79 Å². The maximum atomic E-state index is 12.3. The molecule has 1 N–H and O–H groups in total. The van der Waals surface area contributed by atoms with Crippen LogP contribution < -0.4 is 10.1 Å². The molecule has 0 bridgehead atoms. The number of ether oxygens (including phenoxy) is 1. The molecule has 2 aromatic carbocycles. The van der Waals surface area contributed by atoms with E-state index in [1.54, 1.807) is 37.5 Å². The number of carbonyl (C=O) groups is 1. The standard InChI is InChI=1S/C22H21N5O2S/c1-3-13-27-21(17-9-5-7-11-19(17)29-2)25-26-22(27)30-14-12-20(28)24-18-10-6-4-8-16(18)15-23/h3-11H,1,12-14H2,2H3,(H,24,28). The van der Waals surface area contributed by atoms with E-state index in [2.05, 4.69) is 28.2 Å². The summed E-state index contributed by atoms with van der Waals surface area (Å²) >= 11 is 1.44. The van der Waals surface area contributed by atoms with Crippen molar-refractivity contribution in [3.05, 3.63) is 66.7 Å². The van der Waals surface area contributed by atoms with E-state index in [4.69, 9.17) is 10.00 Å². The Hall–Kier alpha value is -3.57. The average molecular weight is 420 g/mol. The number of para-hydroxylation sites is 2. The van der Waals surface area contributed by atoms with Gasteiger partial charge in [-0.3, -0.25) is 9.36 Å². The van der Waals surface area contributed by atoms with Crippen molar-refractivity contribution >= 4 is 23.4 Å². The van der Waals surface area contributed by atoms with Crippen LogP contribution in [-0.4, -0.2) is 33.5 Å². The van der Waals surface area contributed by atoms with Crippen molar-refractivity contribution < 1.29 is 9.53 Å². The van der Waals surface area contributed by atoms with Gasteiger partial charge in [0.25, 0.3) is 0 Å². The molecule has 0 fully saturated rings. The van der Waals surface area contributed by atoms with Gasteiger partial charge in [-0.05, 0) is 24.3 Å². The van der Waals surface area contributed by atoms with E-state index < -0.39 is 0 Å². The lowest BCUT2D eigenvalue weighted by atomic mass is 10.2. The van der Waals surface area contributed by atoms with Crippen LogP contribution in [0.3, 0.4) is 0 Å². The van der Waals surface area contributed by atoms with Crippen molar-refractivity contribution in [1.82, 2.24) is 14.8 Å². The summed E-state index contributed by atoms with van der Waals surface area (Å²) in [5.74, 6) is 1.75. The number of anilines is 1. The number of amides is 1. The number of aromatic nitrogens is 3. The van der Waals surface area contributed by atoms with Crippen molar-refractivity contribution in [2.45, 2.75) is 18.1 Å². The number of benzene rings is 2. The third kappa shape index (κ3) is 4.88. The summed E-state index contributed by atoms with van der Waals surface area (Å²) < 4.78 is 7.38. The zero-order valence-corrected chi connectivity index (χ0v) is 17.4. The Labute approximate surface area is 179 Å². The SMILES string of the molecule is C=CCn1c(SCCC(=O)Nc2ccccc2C#N)nnc1-c1ccccc1OC. The zero-order chi connectivity index (χ0) is 21.3. The minimum absolute atomic E-state index is 0.162. The van der Waals surface area contributed by atoms with Gasteiger partial charge in [0.15, 0.2) is 11.0 Å². The summed E-state index contributed by atoms with van der Waals surface area (Å²) in [6.45, 7) is 4.35. The molecule has 1 aromatic heterocycles. The van der Waals surface area contributed by atoms with Crippen LogP contribution in [-0.2, 0) is 11.3 Å². The molecular formula is C22H21N5O2S. The first kappa shape index (κ1) is 21.1. The second-order valence-electron chi connectivity index (χ2n) is 6.21. The number of carbonyl (C=O) groups excluding carboxylic acids is 1. The summed E-state index contributed by atoms with van der Waals surface area (Å²) in [7, 11) is 1.62. The van der Waals surface area contributed by atoms with Gasteiger partial charge in [-0.15, -0.1) is 16.8 Å². The van der Waals surface area contributed by atoms with E-state index in [0.717, 1.165) is 5.56 Å². The summed E-state index contributed by atoms with van der Waals surface area (Å²) in [4.78, 5) is 12.3. The Balaban J connectivity index is 1.68. The number of thioether (sulfide) groups is 1. The van der Waals surface area contributed by atoms with Crippen LogP contribution in [0.5, 0.6) is 5.75 Å². The average Bonchev–Trinajstić information content (AvgIpc) is 3.16. The molecule has 7 nitrogen and oxygen atoms in total. The highest BCUT2D eigenvalue weighted by atomic mass is 32.2. The lowest BCUT2D eigenvalue weighted by molar-refractivity contribution is -0.115. The van der Waals surface area contributed by atoms with E-state index in [-0.39, 0.29) is 12.3 Å². The first-order valence-electron chi connectivity index (χ1n) is 9.27. The summed E-state index contributed by atoms with van der Waals surface area (Å²) in [6.07, 6.45) is 2.05. The van der Waals surface area contributed by atoms with Gasteiger partial charge in [0.05, 0.1) is 23.9 Å². The second-order valence-corrected chi connectivity index (χ2v) is 7.27. The van der Waals surface area contributed by atoms with Crippen LogP contribution in [0.25, 0.3) is 11.4 Å². The Morgan fingerprint density at radius 3 is 2.80 bits per heavy atom. The third-order valence-electron chi connectivity index (χ3n) is 4.26. The number of methoxy groups -OCH3 is 1. The van der Waals surface area contributed by atoms with Crippen molar-refractivity contribution in [3.63, 3.8) is 0 Å². The van der Waals surface area contributed by atoms with Gasteiger partial charge in [-0.1, -0.05) is 42.1 Å². The molecule has 0 aliphatic carbocycles. The predicted octanol–water partition coefficient (Wildman–Crippen LogP) is 4.13. The molecule has 0 unspecified atom stereocenters. The summed E-state index contributed by atoms with van der Waals surface area (Å²) in [5, 5.41) is 21.2. The quantitative estimate of drug-likeness (QED) is 0.414. The Kier molecular flexibility index (Phi) is 7.24. The highest BCUT2D eigenvalue weighted by Crippen LogP contribution is 2.31. The fourth-order valence-corrected chi connectivity index (χ4v) is 3.74. The first-order chi connectivity index (χ1) is 14.7. The topological polar surface area (TPSA) is 92.8 Å². The molecule has 0 aliphatic heterocycles. The largest absolute Gasteiger partial charge is 0.496 e. The zero-order valence-electron chi connectivity index (χ0n) is 16.5. The van der Waals surface area contributed by atoms with E-state index in [1.165, 1.54) is 11.8 Å². The fraction of sp³-hybridized carbons (Fsp3) is 0.182. The van der Waals surface area contributed by atoms with Crippen molar-refractivity contribution in [1.29, 1.82) is 5.26 Å².